The van der Waals surface area contributed by atoms with Gasteiger partial charge in [-0.3, -0.25) is 4.98 Å². The highest BCUT2D eigenvalue weighted by Crippen LogP contribution is 2.37. The lowest BCUT2D eigenvalue weighted by atomic mass is 9.90. The minimum absolute atomic E-state index is 0.186. The fourth-order valence-corrected chi connectivity index (χ4v) is 6.60. The van der Waals surface area contributed by atoms with Gasteiger partial charge in [-0.05, 0) is 55.0 Å². The van der Waals surface area contributed by atoms with E-state index in [1.165, 1.54) is 15.3 Å². The van der Waals surface area contributed by atoms with Crippen molar-refractivity contribution in [2.24, 2.45) is 0 Å². The maximum absolute atomic E-state index is 13.4. The van der Waals surface area contributed by atoms with Gasteiger partial charge in [0, 0.05) is 40.5 Å². The standard InChI is InChI=1S/C29H22N4O3S2/c1-29(34,26-14-5-6-15-30-26)21-10-7-9-20(17-21)25-19-37-28(32-25)24-18-33(27-23(24)13-8-16-31-27)38(35,36)22-11-3-2-4-12-22/h2-19,34H,1H3/t29-/m1/s1. The largest absolute Gasteiger partial charge is 0.379 e. The molecule has 7 nitrogen and oxygen atoms in total. The summed E-state index contributed by atoms with van der Waals surface area (Å²) in [6.45, 7) is 1.72. The summed E-state index contributed by atoms with van der Waals surface area (Å²) in [6.07, 6.45) is 4.82. The molecular weight excluding hydrogens is 516 g/mol. The number of fused-ring (bicyclic) bond motifs is 1. The van der Waals surface area contributed by atoms with Gasteiger partial charge in [-0.1, -0.05) is 42.5 Å². The first-order valence-corrected chi connectivity index (χ1v) is 14.1. The highest BCUT2D eigenvalue weighted by atomic mass is 32.2. The van der Waals surface area contributed by atoms with Crippen LogP contribution in [0.1, 0.15) is 18.2 Å². The molecule has 0 aliphatic heterocycles. The van der Waals surface area contributed by atoms with Gasteiger partial charge in [0.15, 0.2) is 5.65 Å². The van der Waals surface area contributed by atoms with Gasteiger partial charge < -0.3 is 5.11 Å². The lowest BCUT2D eigenvalue weighted by Crippen LogP contribution is -2.24. The van der Waals surface area contributed by atoms with Gasteiger partial charge in [0.05, 0.1) is 16.3 Å². The SMILES string of the molecule is C[C@@](O)(c1cccc(-c2csc(-c3cn(S(=O)(=O)c4ccccc4)c4ncccc34)n2)c1)c1ccccn1. The van der Waals surface area contributed by atoms with E-state index < -0.39 is 15.6 Å². The molecule has 0 saturated carbocycles. The molecule has 0 amide bonds. The zero-order valence-corrected chi connectivity index (χ0v) is 21.9. The number of nitrogens with zero attached hydrogens (tertiary/aromatic N) is 4. The van der Waals surface area contributed by atoms with Crippen molar-refractivity contribution >= 4 is 32.4 Å². The number of pyridine rings is 2. The van der Waals surface area contributed by atoms with Gasteiger partial charge in [-0.15, -0.1) is 11.3 Å². The number of rotatable bonds is 6. The van der Waals surface area contributed by atoms with E-state index in [2.05, 4.69) is 9.97 Å². The van der Waals surface area contributed by atoms with E-state index in [4.69, 9.17) is 4.98 Å². The van der Waals surface area contributed by atoms with Crippen LogP contribution >= 0.6 is 11.3 Å². The summed E-state index contributed by atoms with van der Waals surface area (Å²) in [5.41, 5.74) is 2.55. The van der Waals surface area contributed by atoms with Crippen molar-refractivity contribution in [2.45, 2.75) is 17.4 Å². The van der Waals surface area contributed by atoms with Crippen molar-refractivity contribution in [3.05, 3.63) is 120 Å². The van der Waals surface area contributed by atoms with Crippen LogP contribution in [0.3, 0.4) is 0 Å². The Kier molecular flexibility index (Phi) is 5.91. The molecule has 4 aromatic heterocycles. The molecule has 0 aliphatic carbocycles. The van der Waals surface area contributed by atoms with Crippen LogP contribution in [0.2, 0.25) is 0 Å². The topological polar surface area (TPSA) is 98.0 Å². The monoisotopic (exact) mass is 538 g/mol. The van der Waals surface area contributed by atoms with Crippen LogP contribution < -0.4 is 0 Å². The highest BCUT2D eigenvalue weighted by Gasteiger charge is 2.28. The molecular formula is C29H22N4O3S2. The minimum Gasteiger partial charge on any atom is -0.379 e. The van der Waals surface area contributed by atoms with Gasteiger partial charge in [0.1, 0.15) is 10.6 Å². The number of aromatic nitrogens is 4. The van der Waals surface area contributed by atoms with Crippen molar-refractivity contribution in [3.8, 4) is 21.8 Å². The average molecular weight is 539 g/mol. The smallest absolute Gasteiger partial charge is 0.269 e. The summed E-state index contributed by atoms with van der Waals surface area (Å²) >= 11 is 1.42. The summed E-state index contributed by atoms with van der Waals surface area (Å²) in [4.78, 5) is 13.7. The average Bonchev–Trinajstić information content (AvgIpc) is 3.60. The maximum Gasteiger partial charge on any atom is 0.269 e. The van der Waals surface area contributed by atoms with Crippen molar-refractivity contribution in [3.63, 3.8) is 0 Å². The Morgan fingerprint density at radius 3 is 2.47 bits per heavy atom. The molecule has 2 aromatic carbocycles. The van der Waals surface area contributed by atoms with Crippen LogP contribution in [0, 0.1) is 0 Å². The van der Waals surface area contributed by atoms with E-state index in [-0.39, 0.29) is 4.90 Å². The fraction of sp³-hybridized carbons (Fsp3) is 0.0690. The first-order valence-electron chi connectivity index (χ1n) is 11.8. The molecule has 0 unspecified atom stereocenters. The van der Waals surface area contributed by atoms with Crippen molar-refractivity contribution in [1.82, 2.24) is 18.9 Å². The van der Waals surface area contributed by atoms with Crippen LogP contribution in [0.15, 0.2) is 114 Å². The van der Waals surface area contributed by atoms with Crippen molar-refractivity contribution in [1.29, 1.82) is 0 Å². The molecule has 4 heterocycles. The molecule has 0 spiro atoms. The van der Waals surface area contributed by atoms with Crippen molar-refractivity contribution in [2.75, 3.05) is 0 Å². The number of hydrogen-bond acceptors (Lipinski definition) is 7. The Hall–Kier alpha value is -4.18. The molecule has 6 aromatic rings. The first-order chi connectivity index (χ1) is 18.4. The summed E-state index contributed by atoms with van der Waals surface area (Å²) in [5, 5.41) is 14.5. The number of thiazole rings is 1. The Morgan fingerprint density at radius 2 is 1.68 bits per heavy atom. The lowest BCUT2D eigenvalue weighted by Gasteiger charge is -2.23. The molecule has 1 atom stereocenters. The van der Waals surface area contributed by atoms with Gasteiger partial charge >= 0.3 is 0 Å². The lowest BCUT2D eigenvalue weighted by molar-refractivity contribution is 0.0974. The van der Waals surface area contributed by atoms with E-state index in [1.807, 2.05) is 47.8 Å². The first kappa shape index (κ1) is 24.2. The van der Waals surface area contributed by atoms with Gasteiger partial charge in [-0.25, -0.2) is 22.4 Å². The van der Waals surface area contributed by atoms with E-state index in [0.29, 0.717) is 32.9 Å². The van der Waals surface area contributed by atoms with Gasteiger partial charge in [0.2, 0.25) is 0 Å². The number of benzene rings is 2. The zero-order chi connectivity index (χ0) is 26.3. The molecule has 0 bridgehead atoms. The third kappa shape index (κ3) is 4.10. The Bertz CT molecular complexity index is 1860. The van der Waals surface area contributed by atoms with Crippen LogP contribution in [0.5, 0.6) is 0 Å². The number of aliphatic hydroxyl groups is 1. The second kappa shape index (κ2) is 9.29. The summed E-state index contributed by atoms with van der Waals surface area (Å²) in [6, 6.07) is 24.9. The maximum atomic E-state index is 13.4. The third-order valence-corrected chi connectivity index (χ3v) is 8.99. The molecule has 0 saturated heterocycles. The van der Waals surface area contributed by atoms with Crippen LogP contribution in [-0.2, 0) is 15.6 Å². The van der Waals surface area contributed by atoms with E-state index in [1.54, 1.807) is 68.0 Å². The molecule has 188 valence electrons. The molecule has 0 aliphatic rings. The second-order valence-corrected chi connectivity index (χ2v) is 11.6. The Labute approximate surface area is 223 Å². The van der Waals surface area contributed by atoms with E-state index in [9.17, 15) is 13.5 Å². The molecule has 6 rings (SSSR count). The molecule has 9 heteroatoms. The Balaban J connectivity index is 1.42. The van der Waals surface area contributed by atoms with Crippen LogP contribution in [0.4, 0.5) is 0 Å². The van der Waals surface area contributed by atoms with Gasteiger partial charge in [-0.2, -0.15) is 0 Å². The number of hydrogen-bond donors (Lipinski definition) is 1. The normalized spacial score (nSPS) is 13.4. The highest BCUT2D eigenvalue weighted by molar-refractivity contribution is 7.90. The molecule has 0 fully saturated rings. The fourth-order valence-electron chi connectivity index (χ4n) is 4.40. The minimum atomic E-state index is -3.85. The van der Waals surface area contributed by atoms with Crippen LogP contribution in [0.25, 0.3) is 32.9 Å². The third-order valence-electron chi connectivity index (χ3n) is 6.45. The quantitative estimate of drug-likeness (QED) is 0.292. The molecule has 1 N–H and O–H groups in total. The van der Waals surface area contributed by atoms with Crippen LogP contribution in [-0.4, -0.2) is 32.4 Å². The summed E-state index contributed by atoms with van der Waals surface area (Å²) < 4.78 is 28.1. The predicted octanol–water partition coefficient (Wildman–Crippen LogP) is 5.71. The molecule has 38 heavy (non-hydrogen) atoms. The summed E-state index contributed by atoms with van der Waals surface area (Å²) in [7, 11) is -3.85. The molecule has 0 radical (unpaired) electrons. The van der Waals surface area contributed by atoms with Gasteiger partial charge in [0.25, 0.3) is 10.0 Å². The van der Waals surface area contributed by atoms with Crippen molar-refractivity contribution < 1.29 is 13.5 Å². The predicted molar refractivity (Wildman–Crippen MR) is 148 cm³/mol. The summed E-state index contributed by atoms with van der Waals surface area (Å²) in [5.74, 6) is 0. The van der Waals surface area contributed by atoms with E-state index in [0.717, 1.165) is 11.3 Å². The van der Waals surface area contributed by atoms with E-state index >= 15 is 0 Å². The second-order valence-electron chi connectivity index (χ2n) is 8.94. The Morgan fingerprint density at radius 1 is 0.895 bits per heavy atom. The zero-order valence-electron chi connectivity index (χ0n) is 20.3.